The van der Waals surface area contributed by atoms with Crippen molar-refractivity contribution in [3.63, 3.8) is 0 Å². The van der Waals surface area contributed by atoms with Crippen LogP contribution >= 0.6 is 11.6 Å². The van der Waals surface area contributed by atoms with Gasteiger partial charge in [0.15, 0.2) is 5.78 Å². The van der Waals surface area contributed by atoms with E-state index in [1.807, 2.05) is 25.1 Å². The summed E-state index contributed by atoms with van der Waals surface area (Å²) in [5.74, 6) is -0.0272. The second-order valence-corrected chi connectivity index (χ2v) is 7.24. The van der Waals surface area contributed by atoms with Gasteiger partial charge in [-0.3, -0.25) is 14.5 Å². The van der Waals surface area contributed by atoms with Crippen molar-refractivity contribution in [3.8, 4) is 0 Å². The lowest BCUT2D eigenvalue weighted by molar-refractivity contribution is -0.120. The number of carbonyl (C=O) groups is 2. The fraction of sp³-hybridized carbons (Fsp3) is 0.333. The number of nitrogens with zero attached hydrogens (tertiary/aromatic N) is 2. The molecule has 1 heterocycles. The minimum absolute atomic E-state index is 0.0128. The lowest BCUT2D eigenvalue weighted by Gasteiger charge is -2.38. The number of hydrogen-bond acceptors (Lipinski definition) is 4. The van der Waals surface area contributed by atoms with Gasteiger partial charge in [-0.05, 0) is 56.3 Å². The van der Waals surface area contributed by atoms with Crippen LogP contribution in [0.15, 0.2) is 48.5 Å². The first-order chi connectivity index (χ1) is 12.9. The zero-order valence-corrected chi connectivity index (χ0v) is 16.4. The quantitative estimate of drug-likeness (QED) is 0.797. The third-order valence-electron chi connectivity index (χ3n) is 4.97. The Kier molecular flexibility index (Phi) is 6.14. The third kappa shape index (κ3) is 4.87. The van der Waals surface area contributed by atoms with Crippen LogP contribution in [0.1, 0.15) is 24.2 Å². The Morgan fingerprint density at radius 2 is 1.70 bits per heavy atom. The van der Waals surface area contributed by atoms with Gasteiger partial charge in [-0.25, -0.2) is 0 Å². The van der Waals surface area contributed by atoms with Gasteiger partial charge in [-0.15, -0.1) is 0 Å². The molecule has 3 rings (SSSR count). The summed E-state index contributed by atoms with van der Waals surface area (Å²) in [4.78, 5) is 28.4. The molecule has 2 aromatic rings. The first-order valence-electron chi connectivity index (χ1n) is 9.10. The molecule has 1 amide bonds. The van der Waals surface area contributed by atoms with Crippen molar-refractivity contribution in [1.29, 1.82) is 0 Å². The molecule has 27 heavy (non-hydrogen) atoms. The van der Waals surface area contributed by atoms with E-state index >= 15 is 0 Å². The summed E-state index contributed by atoms with van der Waals surface area (Å²) in [5.41, 5.74) is 2.46. The van der Waals surface area contributed by atoms with E-state index in [0.717, 1.165) is 36.9 Å². The van der Waals surface area contributed by atoms with Gasteiger partial charge in [-0.1, -0.05) is 17.7 Å². The van der Waals surface area contributed by atoms with Crippen molar-refractivity contribution in [2.45, 2.75) is 19.9 Å². The van der Waals surface area contributed by atoms with E-state index in [0.29, 0.717) is 11.3 Å². The molecule has 142 valence electrons. The zero-order chi connectivity index (χ0) is 19.4. The number of anilines is 2. The number of Topliss-reactive ketones (excluding diaryl/α,β-unsaturated/α-hetero) is 1. The molecule has 1 atom stereocenters. The number of amides is 1. The molecule has 0 aromatic heterocycles. The van der Waals surface area contributed by atoms with Crippen molar-refractivity contribution in [2.24, 2.45) is 0 Å². The minimum atomic E-state index is -0.223. The number of piperazine rings is 1. The van der Waals surface area contributed by atoms with Gasteiger partial charge >= 0.3 is 0 Å². The zero-order valence-electron chi connectivity index (χ0n) is 15.6. The summed E-state index contributed by atoms with van der Waals surface area (Å²) in [6, 6.07) is 14.6. The normalized spacial score (nSPS) is 16.0. The molecule has 0 aliphatic carbocycles. The highest BCUT2D eigenvalue weighted by Gasteiger charge is 2.25. The van der Waals surface area contributed by atoms with Crippen LogP contribution in [0.5, 0.6) is 0 Å². The van der Waals surface area contributed by atoms with Crippen molar-refractivity contribution in [3.05, 3.63) is 59.1 Å². The van der Waals surface area contributed by atoms with E-state index in [4.69, 9.17) is 11.6 Å². The lowest BCUT2D eigenvalue weighted by atomic mass is 10.1. The maximum absolute atomic E-state index is 12.6. The van der Waals surface area contributed by atoms with Crippen LogP contribution in [-0.2, 0) is 4.79 Å². The van der Waals surface area contributed by atoms with E-state index in [-0.39, 0.29) is 17.7 Å². The van der Waals surface area contributed by atoms with Gasteiger partial charge < -0.3 is 10.2 Å². The van der Waals surface area contributed by atoms with Crippen molar-refractivity contribution in [1.82, 2.24) is 4.90 Å². The standard InChI is InChI=1S/C21H24ClN3O2/c1-15(21(27)23-19-8-6-17(7-9-19)16(2)26)24-10-12-25(13-11-24)20-5-3-4-18(22)14-20/h3-9,14-15H,10-13H2,1-2H3,(H,23,27)/t15-/m1/s1. The molecule has 5 nitrogen and oxygen atoms in total. The summed E-state index contributed by atoms with van der Waals surface area (Å²) in [6.45, 7) is 6.78. The molecule has 1 fully saturated rings. The van der Waals surface area contributed by atoms with Gasteiger partial charge in [-0.2, -0.15) is 0 Å². The van der Waals surface area contributed by atoms with Crippen molar-refractivity contribution < 1.29 is 9.59 Å². The van der Waals surface area contributed by atoms with E-state index in [9.17, 15) is 9.59 Å². The van der Waals surface area contributed by atoms with Gasteiger partial charge in [0.05, 0.1) is 6.04 Å². The highest BCUT2D eigenvalue weighted by Crippen LogP contribution is 2.21. The molecule has 0 bridgehead atoms. The van der Waals surface area contributed by atoms with Crippen LogP contribution in [0.3, 0.4) is 0 Å². The Morgan fingerprint density at radius 1 is 1.04 bits per heavy atom. The number of nitrogens with one attached hydrogen (secondary N) is 1. The minimum Gasteiger partial charge on any atom is -0.369 e. The summed E-state index contributed by atoms with van der Waals surface area (Å²) in [6.07, 6.45) is 0. The lowest BCUT2D eigenvalue weighted by Crippen LogP contribution is -2.52. The van der Waals surface area contributed by atoms with Gasteiger partial charge in [0.2, 0.25) is 5.91 Å². The molecule has 1 aliphatic heterocycles. The highest BCUT2D eigenvalue weighted by molar-refractivity contribution is 6.30. The fourth-order valence-corrected chi connectivity index (χ4v) is 3.43. The summed E-state index contributed by atoms with van der Waals surface area (Å²) < 4.78 is 0. The average Bonchev–Trinajstić information content (AvgIpc) is 2.68. The second kappa shape index (κ2) is 8.55. The maximum Gasteiger partial charge on any atom is 0.241 e. The molecule has 2 aromatic carbocycles. The van der Waals surface area contributed by atoms with Gasteiger partial charge in [0, 0.05) is 48.1 Å². The Bertz CT molecular complexity index is 814. The summed E-state index contributed by atoms with van der Waals surface area (Å²) >= 11 is 6.08. The molecule has 0 spiro atoms. The first-order valence-corrected chi connectivity index (χ1v) is 9.48. The number of benzene rings is 2. The number of halogens is 1. The van der Waals surface area contributed by atoms with Gasteiger partial charge in [0.1, 0.15) is 0 Å². The maximum atomic E-state index is 12.6. The molecule has 6 heteroatoms. The van der Waals surface area contributed by atoms with Crippen molar-refractivity contribution >= 4 is 34.7 Å². The van der Waals surface area contributed by atoms with E-state index < -0.39 is 0 Å². The molecule has 1 N–H and O–H groups in total. The van der Waals surface area contributed by atoms with E-state index in [1.165, 1.54) is 6.92 Å². The molecule has 0 unspecified atom stereocenters. The van der Waals surface area contributed by atoms with E-state index in [2.05, 4.69) is 21.2 Å². The average molecular weight is 386 g/mol. The molecule has 0 saturated carbocycles. The van der Waals surface area contributed by atoms with Crippen LogP contribution in [-0.4, -0.2) is 48.8 Å². The number of ketones is 1. The van der Waals surface area contributed by atoms with Crippen LogP contribution in [0.4, 0.5) is 11.4 Å². The van der Waals surface area contributed by atoms with Crippen LogP contribution in [0.25, 0.3) is 0 Å². The number of carbonyl (C=O) groups excluding carboxylic acids is 2. The molecule has 1 aliphatic rings. The van der Waals surface area contributed by atoms with Gasteiger partial charge in [0.25, 0.3) is 0 Å². The second-order valence-electron chi connectivity index (χ2n) is 6.80. The molecular weight excluding hydrogens is 362 g/mol. The summed E-state index contributed by atoms with van der Waals surface area (Å²) in [5, 5.41) is 3.67. The smallest absolute Gasteiger partial charge is 0.241 e. The number of rotatable bonds is 5. The first kappa shape index (κ1) is 19.4. The predicted molar refractivity (Wildman–Crippen MR) is 110 cm³/mol. The number of hydrogen-bond donors (Lipinski definition) is 1. The monoisotopic (exact) mass is 385 g/mol. The molecule has 1 saturated heterocycles. The van der Waals surface area contributed by atoms with Crippen molar-refractivity contribution in [2.75, 3.05) is 36.4 Å². The molecular formula is C21H24ClN3O2. The molecule has 0 radical (unpaired) electrons. The highest BCUT2D eigenvalue weighted by atomic mass is 35.5. The Morgan fingerprint density at radius 3 is 2.30 bits per heavy atom. The third-order valence-corrected chi connectivity index (χ3v) is 5.21. The van der Waals surface area contributed by atoms with Crippen LogP contribution in [0.2, 0.25) is 5.02 Å². The van der Waals surface area contributed by atoms with Crippen LogP contribution in [0, 0.1) is 0 Å². The Balaban J connectivity index is 1.54. The summed E-state index contributed by atoms with van der Waals surface area (Å²) in [7, 11) is 0. The SMILES string of the molecule is CC(=O)c1ccc(NC(=O)[C@@H](C)N2CCN(c3cccc(Cl)c3)CC2)cc1. The van der Waals surface area contributed by atoms with E-state index in [1.54, 1.807) is 24.3 Å². The fourth-order valence-electron chi connectivity index (χ4n) is 3.24. The largest absolute Gasteiger partial charge is 0.369 e. The van der Waals surface area contributed by atoms with Crippen LogP contribution < -0.4 is 10.2 Å². The topological polar surface area (TPSA) is 52.7 Å². The Labute approximate surface area is 164 Å². The predicted octanol–water partition coefficient (Wildman–Crippen LogP) is 3.69. The Hall–Kier alpha value is -2.37.